The number of aryl methyl sites for hydroxylation is 2. The van der Waals surface area contributed by atoms with Gasteiger partial charge in [-0.3, -0.25) is 9.78 Å². The van der Waals surface area contributed by atoms with E-state index in [4.69, 9.17) is 22.4 Å². The third-order valence-electron chi connectivity index (χ3n) is 3.62. The summed E-state index contributed by atoms with van der Waals surface area (Å²) < 4.78 is 0. The Morgan fingerprint density at radius 3 is 2.65 bits per heavy atom. The SMILES string of the molecule is Cl.NC[C@H](CC(=O)O)c1ccc(Cl)c(CCc2ccccn2)c1. The predicted molar refractivity (Wildman–Crippen MR) is 94.4 cm³/mol. The number of nitrogens with zero attached hydrogens (tertiary/aromatic N) is 1. The molecule has 23 heavy (non-hydrogen) atoms. The second-order valence-electron chi connectivity index (χ2n) is 5.20. The average molecular weight is 355 g/mol. The summed E-state index contributed by atoms with van der Waals surface area (Å²) in [6.45, 7) is 0.299. The first-order chi connectivity index (χ1) is 10.6. The molecule has 0 aliphatic heterocycles. The monoisotopic (exact) mass is 354 g/mol. The molecule has 4 nitrogen and oxygen atoms in total. The van der Waals surface area contributed by atoms with Crippen molar-refractivity contribution in [1.82, 2.24) is 4.98 Å². The minimum absolute atomic E-state index is 0. The molecule has 0 spiro atoms. The van der Waals surface area contributed by atoms with Crippen molar-refractivity contribution < 1.29 is 9.90 Å². The van der Waals surface area contributed by atoms with Gasteiger partial charge in [-0.2, -0.15) is 0 Å². The Morgan fingerprint density at radius 2 is 2.04 bits per heavy atom. The molecule has 0 unspecified atom stereocenters. The number of halogens is 2. The number of pyridine rings is 1. The van der Waals surface area contributed by atoms with Crippen LogP contribution in [0.5, 0.6) is 0 Å². The Labute approximate surface area is 147 Å². The molecule has 3 N–H and O–H groups in total. The number of benzene rings is 1. The highest BCUT2D eigenvalue weighted by atomic mass is 35.5. The van der Waals surface area contributed by atoms with E-state index in [0.717, 1.165) is 29.7 Å². The Kier molecular flexibility index (Phi) is 8.03. The highest BCUT2D eigenvalue weighted by Gasteiger charge is 2.15. The first-order valence-corrected chi connectivity index (χ1v) is 7.58. The van der Waals surface area contributed by atoms with Crippen LogP contribution < -0.4 is 5.73 Å². The molecular formula is C17H20Cl2N2O2. The molecule has 1 heterocycles. The molecule has 0 bridgehead atoms. The lowest BCUT2D eigenvalue weighted by Gasteiger charge is -2.15. The van der Waals surface area contributed by atoms with E-state index in [1.54, 1.807) is 6.20 Å². The standard InChI is InChI=1S/C17H19ClN2O2.ClH/c18-16-7-5-12(14(11-19)10-17(21)22)9-13(16)4-6-15-3-1-2-8-20-15;/h1-3,5,7-9,14H,4,6,10-11,19H2,(H,21,22);1H/t14-;/m0./s1. The second-order valence-corrected chi connectivity index (χ2v) is 5.61. The maximum Gasteiger partial charge on any atom is 0.304 e. The Hall–Kier alpha value is -1.62. The van der Waals surface area contributed by atoms with Gasteiger partial charge in [0.25, 0.3) is 0 Å². The van der Waals surface area contributed by atoms with E-state index in [1.165, 1.54) is 0 Å². The van der Waals surface area contributed by atoms with Crippen LogP contribution in [0.15, 0.2) is 42.6 Å². The molecule has 0 aliphatic rings. The summed E-state index contributed by atoms with van der Waals surface area (Å²) in [5, 5.41) is 9.65. The van der Waals surface area contributed by atoms with Gasteiger partial charge in [-0.05, 0) is 48.7 Å². The highest BCUT2D eigenvalue weighted by molar-refractivity contribution is 6.31. The molecule has 1 aromatic heterocycles. The molecule has 0 aliphatic carbocycles. The summed E-state index contributed by atoms with van der Waals surface area (Å²) in [7, 11) is 0. The molecule has 1 atom stereocenters. The van der Waals surface area contributed by atoms with Gasteiger partial charge < -0.3 is 10.8 Å². The summed E-state index contributed by atoms with van der Waals surface area (Å²) in [4.78, 5) is 15.2. The van der Waals surface area contributed by atoms with Gasteiger partial charge in [-0.25, -0.2) is 0 Å². The van der Waals surface area contributed by atoms with E-state index >= 15 is 0 Å². The topological polar surface area (TPSA) is 76.2 Å². The van der Waals surface area contributed by atoms with E-state index < -0.39 is 5.97 Å². The van der Waals surface area contributed by atoms with Crippen LogP contribution in [0.25, 0.3) is 0 Å². The van der Waals surface area contributed by atoms with Gasteiger partial charge in [0.1, 0.15) is 0 Å². The molecule has 0 saturated heterocycles. The molecular weight excluding hydrogens is 335 g/mol. The van der Waals surface area contributed by atoms with E-state index in [9.17, 15) is 4.79 Å². The van der Waals surface area contributed by atoms with Crippen LogP contribution in [-0.4, -0.2) is 22.6 Å². The van der Waals surface area contributed by atoms with Crippen LogP contribution in [0.3, 0.4) is 0 Å². The molecule has 2 aromatic rings. The highest BCUT2D eigenvalue weighted by Crippen LogP contribution is 2.25. The molecule has 1 aromatic carbocycles. The molecule has 2 rings (SSSR count). The summed E-state index contributed by atoms with van der Waals surface area (Å²) in [6.07, 6.45) is 3.34. The van der Waals surface area contributed by atoms with Crippen molar-refractivity contribution in [1.29, 1.82) is 0 Å². The summed E-state index contributed by atoms with van der Waals surface area (Å²) in [6, 6.07) is 11.4. The van der Waals surface area contributed by atoms with Crippen LogP contribution in [0.2, 0.25) is 5.02 Å². The summed E-state index contributed by atoms with van der Waals surface area (Å²) >= 11 is 6.25. The zero-order chi connectivity index (χ0) is 15.9. The van der Waals surface area contributed by atoms with Crippen LogP contribution in [-0.2, 0) is 17.6 Å². The maximum absolute atomic E-state index is 10.9. The lowest BCUT2D eigenvalue weighted by Crippen LogP contribution is -2.16. The van der Waals surface area contributed by atoms with Crippen molar-refractivity contribution in [2.24, 2.45) is 5.73 Å². The fraction of sp³-hybridized carbons (Fsp3) is 0.294. The summed E-state index contributed by atoms with van der Waals surface area (Å²) in [5.74, 6) is -1.04. The molecule has 6 heteroatoms. The molecule has 124 valence electrons. The fourth-order valence-corrected chi connectivity index (χ4v) is 2.61. The number of rotatable bonds is 7. The van der Waals surface area contributed by atoms with Crippen molar-refractivity contribution in [2.45, 2.75) is 25.2 Å². The Bertz CT molecular complexity index is 636. The zero-order valence-corrected chi connectivity index (χ0v) is 14.2. The molecule has 0 radical (unpaired) electrons. The first-order valence-electron chi connectivity index (χ1n) is 7.20. The quantitative estimate of drug-likeness (QED) is 0.798. The van der Waals surface area contributed by atoms with Gasteiger partial charge in [-0.15, -0.1) is 12.4 Å². The van der Waals surface area contributed by atoms with E-state index in [0.29, 0.717) is 11.6 Å². The van der Waals surface area contributed by atoms with Crippen molar-refractivity contribution in [3.63, 3.8) is 0 Å². The van der Waals surface area contributed by atoms with Crippen LogP contribution in [0.4, 0.5) is 0 Å². The number of carboxylic acids is 1. The van der Waals surface area contributed by atoms with Gasteiger partial charge in [0.05, 0.1) is 6.42 Å². The van der Waals surface area contributed by atoms with E-state index in [1.807, 2.05) is 36.4 Å². The van der Waals surface area contributed by atoms with Crippen LogP contribution in [0, 0.1) is 0 Å². The Morgan fingerprint density at radius 1 is 1.26 bits per heavy atom. The van der Waals surface area contributed by atoms with Gasteiger partial charge in [0.15, 0.2) is 0 Å². The average Bonchev–Trinajstić information content (AvgIpc) is 2.53. The molecule has 0 amide bonds. The molecule has 0 fully saturated rings. The lowest BCUT2D eigenvalue weighted by molar-refractivity contribution is -0.137. The minimum Gasteiger partial charge on any atom is -0.481 e. The van der Waals surface area contributed by atoms with Gasteiger partial charge in [0, 0.05) is 22.8 Å². The second kappa shape index (κ2) is 9.50. The third kappa shape index (κ3) is 5.82. The third-order valence-corrected chi connectivity index (χ3v) is 3.99. The van der Waals surface area contributed by atoms with Crippen LogP contribution in [0.1, 0.15) is 29.2 Å². The Balaban J connectivity index is 0.00000264. The smallest absolute Gasteiger partial charge is 0.304 e. The summed E-state index contributed by atoms with van der Waals surface area (Å²) in [5.41, 5.74) is 8.62. The van der Waals surface area contributed by atoms with Crippen molar-refractivity contribution in [3.05, 3.63) is 64.4 Å². The number of aliphatic carboxylic acids is 1. The van der Waals surface area contributed by atoms with Gasteiger partial charge >= 0.3 is 5.97 Å². The van der Waals surface area contributed by atoms with Crippen molar-refractivity contribution >= 4 is 30.0 Å². The lowest BCUT2D eigenvalue weighted by atomic mass is 9.93. The normalized spacial score (nSPS) is 11.6. The first kappa shape index (κ1) is 19.4. The number of carboxylic acid groups (broad SMARTS) is 1. The minimum atomic E-state index is -0.847. The van der Waals surface area contributed by atoms with Crippen LogP contribution >= 0.6 is 24.0 Å². The number of nitrogens with two attached hydrogens (primary N) is 1. The largest absolute Gasteiger partial charge is 0.481 e. The number of hydrogen-bond donors (Lipinski definition) is 2. The fourth-order valence-electron chi connectivity index (χ4n) is 2.40. The number of aromatic nitrogens is 1. The zero-order valence-electron chi connectivity index (χ0n) is 12.6. The van der Waals surface area contributed by atoms with E-state index in [2.05, 4.69) is 4.98 Å². The van der Waals surface area contributed by atoms with Crippen molar-refractivity contribution in [2.75, 3.05) is 6.54 Å². The predicted octanol–water partition coefficient (Wildman–Crippen LogP) is 3.46. The van der Waals surface area contributed by atoms with Gasteiger partial charge in [-0.1, -0.05) is 29.8 Å². The van der Waals surface area contributed by atoms with Crippen molar-refractivity contribution in [3.8, 4) is 0 Å². The number of hydrogen-bond acceptors (Lipinski definition) is 3. The number of carbonyl (C=O) groups is 1. The van der Waals surface area contributed by atoms with Gasteiger partial charge in [0.2, 0.25) is 0 Å². The van der Waals surface area contributed by atoms with E-state index in [-0.39, 0.29) is 24.7 Å². The maximum atomic E-state index is 10.9. The molecule has 0 saturated carbocycles.